The molecule has 0 atom stereocenters. The molecule has 100 valence electrons. The fourth-order valence-electron chi connectivity index (χ4n) is 1.96. The van der Waals surface area contributed by atoms with Crippen LogP contribution in [0.4, 0.5) is 4.79 Å². The zero-order valence-corrected chi connectivity index (χ0v) is 11.1. The van der Waals surface area contributed by atoms with Crippen LogP contribution in [0.1, 0.15) is 39.5 Å². The van der Waals surface area contributed by atoms with Crippen molar-refractivity contribution in [2.75, 3.05) is 26.3 Å². The lowest BCUT2D eigenvalue weighted by atomic mass is 10.0. The van der Waals surface area contributed by atoms with Crippen LogP contribution < -0.4 is 10.6 Å². The van der Waals surface area contributed by atoms with Crippen molar-refractivity contribution in [3.63, 3.8) is 0 Å². The molecule has 2 amide bonds. The van der Waals surface area contributed by atoms with Gasteiger partial charge in [0.1, 0.15) is 0 Å². The molecule has 0 aromatic heterocycles. The molecule has 1 saturated heterocycles. The Balaban J connectivity index is 1.96. The normalized spacial score (nSPS) is 17.1. The molecule has 1 heterocycles. The van der Waals surface area contributed by atoms with Crippen molar-refractivity contribution < 1.29 is 9.53 Å². The van der Waals surface area contributed by atoms with Gasteiger partial charge in [0.05, 0.1) is 0 Å². The van der Waals surface area contributed by atoms with E-state index < -0.39 is 0 Å². The predicted octanol–water partition coefficient (Wildman–Crippen LogP) is 2.15. The summed E-state index contributed by atoms with van der Waals surface area (Å²) < 4.78 is 5.28. The van der Waals surface area contributed by atoms with Crippen LogP contribution in [-0.2, 0) is 4.74 Å². The summed E-state index contributed by atoms with van der Waals surface area (Å²) >= 11 is 0. The largest absolute Gasteiger partial charge is 0.381 e. The van der Waals surface area contributed by atoms with Crippen molar-refractivity contribution in [2.45, 2.75) is 39.5 Å². The molecular weight excluding hydrogens is 216 g/mol. The minimum atomic E-state index is -0.0275. The fraction of sp³-hybridized carbons (Fsp3) is 0.923. The van der Waals surface area contributed by atoms with Gasteiger partial charge in [-0.15, -0.1) is 0 Å². The van der Waals surface area contributed by atoms with E-state index in [0.29, 0.717) is 11.8 Å². The number of amides is 2. The van der Waals surface area contributed by atoms with Crippen molar-refractivity contribution in [1.29, 1.82) is 0 Å². The van der Waals surface area contributed by atoms with Crippen LogP contribution in [0.5, 0.6) is 0 Å². The third kappa shape index (κ3) is 7.21. The lowest BCUT2D eigenvalue weighted by molar-refractivity contribution is 0.0669. The molecule has 2 N–H and O–H groups in total. The number of ether oxygens (including phenoxy) is 1. The van der Waals surface area contributed by atoms with Gasteiger partial charge in [0, 0.05) is 26.3 Å². The van der Waals surface area contributed by atoms with E-state index >= 15 is 0 Å². The summed E-state index contributed by atoms with van der Waals surface area (Å²) in [6.07, 6.45) is 4.35. The minimum Gasteiger partial charge on any atom is -0.381 e. The zero-order valence-electron chi connectivity index (χ0n) is 11.1. The number of rotatable bonds is 6. The first-order chi connectivity index (χ1) is 8.18. The highest BCUT2D eigenvalue weighted by Gasteiger charge is 2.14. The van der Waals surface area contributed by atoms with Gasteiger partial charge in [0.2, 0.25) is 0 Å². The summed E-state index contributed by atoms with van der Waals surface area (Å²) in [4.78, 5) is 11.5. The van der Waals surface area contributed by atoms with Crippen molar-refractivity contribution in [2.24, 2.45) is 11.8 Å². The SMILES string of the molecule is CC(C)CCCNC(=O)NCC1CCOCC1. The van der Waals surface area contributed by atoms with E-state index in [2.05, 4.69) is 24.5 Å². The molecule has 0 aromatic rings. The van der Waals surface area contributed by atoms with Crippen LogP contribution in [0.2, 0.25) is 0 Å². The van der Waals surface area contributed by atoms with Gasteiger partial charge in [-0.3, -0.25) is 0 Å². The van der Waals surface area contributed by atoms with Crippen LogP contribution >= 0.6 is 0 Å². The molecule has 1 aliphatic heterocycles. The second kappa shape index (κ2) is 8.34. The van der Waals surface area contributed by atoms with Gasteiger partial charge in [-0.1, -0.05) is 13.8 Å². The van der Waals surface area contributed by atoms with Crippen molar-refractivity contribution in [1.82, 2.24) is 10.6 Å². The first-order valence-corrected chi connectivity index (χ1v) is 6.78. The third-order valence-corrected chi connectivity index (χ3v) is 3.14. The Hall–Kier alpha value is -0.770. The number of carbonyl (C=O) groups is 1. The highest BCUT2D eigenvalue weighted by Crippen LogP contribution is 2.12. The van der Waals surface area contributed by atoms with Gasteiger partial charge in [-0.25, -0.2) is 4.79 Å². The maximum Gasteiger partial charge on any atom is 0.314 e. The monoisotopic (exact) mass is 242 g/mol. The summed E-state index contributed by atoms with van der Waals surface area (Å²) in [6, 6.07) is -0.0275. The van der Waals surface area contributed by atoms with Gasteiger partial charge in [-0.05, 0) is 37.5 Å². The molecule has 0 radical (unpaired) electrons. The lowest BCUT2D eigenvalue weighted by Gasteiger charge is -2.22. The summed E-state index contributed by atoms with van der Waals surface area (Å²) in [5.74, 6) is 1.30. The highest BCUT2D eigenvalue weighted by atomic mass is 16.5. The molecule has 1 fully saturated rings. The molecule has 0 spiro atoms. The Morgan fingerprint density at radius 2 is 2.00 bits per heavy atom. The van der Waals surface area contributed by atoms with E-state index in [1.807, 2.05) is 0 Å². The minimum absolute atomic E-state index is 0.0275. The van der Waals surface area contributed by atoms with Gasteiger partial charge >= 0.3 is 6.03 Å². The smallest absolute Gasteiger partial charge is 0.314 e. The Kier molecular flexibility index (Phi) is 7.01. The standard InChI is InChI=1S/C13H26N2O2/c1-11(2)4-3-7-14-13(16)15-10-12-5-8-17-9-6-12/h11-12H,3-10H2,1-2H3,(H2,14,15,16). The molecule has 0 saturated carbocycles. The third-order valence-electron chi connectivity index (χ3n) is 3.14. The Labute approximate surface area is 104 Å². The molecule has 0 aliphatic carbocycles. The molecule has 4 heteroatoms. The van der Waals surface area contributed by atoms with Crippen LogP contribution in [0.15, 0.2) is 0 Å². The second-order valence-electron chi connectivity index (χ2n) is 5.23. The average molecular weight is 242 g/mol. The molecule has 0 bridgehead atoms. The Morgan fingerprint density at radius 3 is 2.65 bits per heavy atom. The first-order valence-electron chi connectivity index (χ1n) is 6.78. The Morgan fingerprint density at radius 1 is 1.29 bits per heavy atom. The maximum atomic E-state index is 11.5. The van der Waals surface area contributed by atoms with Crippen LogP contribution in [0.25, 0.3) is 0 Å². The van der Waals surface area contributed by atoms with Crippen LogP contribution in [0.3, 0.4) is 0 Å². The number of hydrogen-bond acceptors (Lipinski definition) is 2. The summed E-state index contributed by atoms with van der Waals surface area (Å²) in [5, 5.41) is 5.83. The number of carbonyl (C=O) groups excluding carboxylic acids is 1. The van der Waals surface area contributed by atoms with Gasteiger partial charge in [0.15, 0.2) is 0 Å². The first kappa shape index (κ1) is 14.3. The quantitative estimate of drug-likeness (QED) is 0.701. The van der Waals surface area contributed by atoms with E-state index in [1.165, 1.54) is 6.42 Å². The van der Waals surface area contributed by atoms with Gasteiger partial charge in [0.25, 0.3) is 0 Å². The lowest BCUT2D eigenvalue weighted by Crippen LogP contribution is -2.39. The van der Waals surface area contributed by atoms with Gasteiger partial charge < -0.3 is 15.4 Å². The molecular formula is C13H26N2O2. The summed E-state index contributed by atoms with van der Waals surface area (Å²) in [7, 11) is 0. The van der Waals surface area contributed by atoms with E-state index in [4.69, 9.17) is 4.74 Å². The second-order valence-corrected chi connectivity index (χ2v) is 5.23. The summed E-state index contributed by atoms with van der Waals surface area (Å²) in [6.45, 7) is 7.62. The van der Waals surface area contributed by atoms with E-state index in [0.717, 1.165) is 45.6 Å². The number of hydrogen-bond donors (Lipinski definition) is 2. The van der Waals surface area contributed by atoms with Crippen LogP contribution in [0, 0.1) is 11.8 Å². The molecule has 17 heavy (non-hydrogen) atoms. The van der Waals surface area contributed by atoms with Crippen molar-refractivity contribution in [3.05, 3.63) is 0 Å². The molecule has 1 aliphatic rings. The number of urea groups is 1. The van der Waals surface area contributed by atoms with E-state index in [-0.39, 0.29) is 6.03 Å². The average Bonchev–Trinajstić information content (AvgIpc) is 2.33. The van der Waals surface area contributed by atoms with Gasteiger partial charge in [-0.2, -0.15) is 0 Å². The predicted molar refractivity (Wildman–Crippen MR) is 69.0 cm³/mol. The molecule has 4 nitrogen and oxygen atoms in total. The molecule has 0 aromatic carbocycles. The molecule has 0 unspecified atom stereocenters. The molecule has 1 rings (SSSR count). The fourth-order valence-corrected chi connectivity index (χ4v) is 1.96. The summed E-state index contributed by atoms with van der Waals surface area (Å²) in [5.41, 5.74) is 0. The maximum absolute atomic E-state index is 11.5. The van der Waals surface area contributed by atoms with E-state index in [9.17, 15) is 4.79 Å². The zero-order chi connectivity index (χ0) is 12.5. The van der Waals surface area contributed by atoms with E-state index in [1.54, 1.807) is 0 Å². The van der Waals surface area contributed by atoms with Crippen molar-refractivity contribution in [3.8, 4) is 0 Å². The topological polar surface area (TPSA) is 50.4 Å². The highest BCUT2D eigenvalue weighted by molar-refractivity contribution is 5.73. The van der Waals surface area contributed by atoms with Crippen molar-refractivity contribution >= 4 is 6.03 Å². The number of nitrogens with one attached hydrogen (secondary N) is 2. The van der Waals surface area contributed by atoms with Crippen LogP contribution in [-0.4, -0.2) is 32.3 Å². The Bertz CT molecular complexity index is 213.